The third-order valence-corrected chi connectivity index (χ3v) is 1.75. The number of nitrogens with one attached hydrogen (secondary N) is 1. The van der Waals surface area contributed by atoms with E-state index in [4.69, 9.17) is 10.00 Å². The molecule has 0 amide bonds. The standard InChI is InChI=1S/C10H10N2O3/c1-2-15-10(14)3-7-6-12-8(5-11)4-9(7)13/h4,6H,2-3H2,1H3,(H,12,13). The Bertz CT molecular complexity index is 456. The minimum absolute atomic E-state index is 0.0745. The molecule has 5 nitrogen and oxygen atoms in total. The molecule has 1 aromatic heterocycles. The predicted octanol–water partition coefficient (Wildman–Crippen LogP) is 0.352. The molecule has 0 aliphatic heterocycles. The molecule has 0 fully saturated rings. The van der Waals surface area contributed by atoms with E-state index in [0.29, 0.717) is 5.56 Å². The molecular weight excluding hydrogens is 196 g/mol. The number of hydrogen-bond donors (Lipinski definition) is 1. The van der Waals surface area contributed by atoms with Crippen LogP contribution in [0.2, 0.25) is 0 Å². The molecule has 0 saturated carbocycles. The van der Waals surface area contributed by atoms with E-state index in [-0.39, 0.29) is 24.2 Å². The Labute approximate surface area is 86.3 Å². The van der Waals surface area contributed by atoms with Crippen LogP contribution in [0.3, 0.4) is 0 Å². The van der Waals surface area contributed by atoms with Gasteiger partial charge in [-0.05, 0) is 6.92 Å². The van der Waals surface area contributed by atoms with Crippen LogP contribution in [0, 0.1) is 11.3 Å². The molecule has 0 bridgehead atoms. The lowest BCUT2D eigenvalue weighted by Gasteiger charge is -2.00. The van der Waals surface area contributed by atoms with Crippen LogP contribution in [0.15, 0.2) is 17.1 Å². The Morgan fingerprint density at radius 2 is 2.40 bits per heavy atom. The van der Waals surface area contributed by atoms with Gasteiger partial charge in [0.05, 0.1) is 13.0 Å². The Hall–Kier alpha value is -2.09. The Balaban J connectivity index is 2.84. The summed E-state index contributed by atoms with van der Waals surface area (Å²) < 4.78 is 4.70. The molecule has 1 rings (SSSR count). The van der Waals surface area contributed by atoms with Crippen LogP contribution in [0.5, 0.6) is 0 Å². The number of H-pyrrole nitrogens is 1. The normalized spacial score (nSPS) is 9.33. The van der Waals surface area contributed by atoms with Crippen LogP contribution in [0.4, 0.5) is 0 Å². The Kier molecular flexibility index (Phi) is 3.63. The molecule has 1 aromatic rings. The van der Waals surface area contributed by atoms with Crippen molar-refractivity contribution >= 4 is 5.97 Å². The maximum Gasteiger partial charge on any atom is 0.310 e. The van der Waals surface area contributed by atoms with Gasteiger partial charge in [-0.1, -0.05) is 0 Å². The summed E-state index contributed by atoms with van der Waals surface area (Å²) in [4.78, 5) is 25.0. The van der Waals surface area contributed by atoms with Crippen molar-refractivity contribution in [3.8, 4) is 6.07 Å². The zero-order valence-electron chi connectivity index (χ0n) is 8.24. The second kappa shape index (κ2) is 4.96. The van der Waals surface area contributed by atoms with Gasteiger partial charge in [-0.2, -0.15) is 5.26 Å². The maximum atomic E-state index is 11.4. The minimum atomic E-state index is -0.451. The smallest absolute Gasteiger partial charge is 0.310 e. The number of nitriles is 1. The first-order valence-corrected chi connectivity index (χ1v) is 4.44. The quantitative estimate of drug-likeness (QED) is 0.723. The number of aromatic nitrogens is 1. The first-order valence-electron chi connectivity index (χ1n) is 4.44. The summed E-state index contributed by atoms with van der Waals surface area (Å²) in [6.07, 6.45) is 1.28. The molecule has 0 radical (unpaired) electrons. The molecule has 0 aliphatic rings. The molecule has 0 aliphatic carbocycles. The van der Waals surface area contributed by atoms with Gasteiger partial charge in [0.25, 0.3) is 0 Å². The zero-order chi connectivity index (χ0) is 11.3. The number of rotatable bonds is 3. The van der Waals surface area contributed by atoms with Gasteiger partial charge in [0.15, 0.2) is 5.43 Å². The highest BCUT2D eigenvalue weighted by atomic mass is 16.5. The lowest BCUT2D eigenvalue weighted by Crippen LogP contribution is -2.16. The number of esters is 1. The van der Waals surface area contributed by atoms with Crippen LogP contribution in [-0.2, 0) is 16.0 Å². The van der Waals surface area contributed by atoms with Crippen molar-refractivity contribution in [3.05, 3.63) is 33.7 Å². The summed E-state index contributed by atoms with van der Waals surface area (Å²) >= 11 is 0. The fourth-order valence-electron chi connectivity index (χ4n) is 1.07. The molecule has 0 atom stereocenters. The van der Waals surface area contributed by atoms with Crippen molar-refractivity contribution < 1.29 is 9.53 Å². The van der Waals surface area contributed by atoms with Crippen molar-refractivity contribution in [2.75, 3.05) is 6.61 Å². The molecular formula is C10H10N2O3. The maximum absolute atomic E-state index is 11.4. The summed E-state index contributed by atoms with van der Waals surface area (Å²) in [5.74, 6) is -0.451. The van der Waals surface area contributed by atoms with Crippen LogP contribution >= 0.6 is 0 Å². The van der Waals surface area contributed by atoms with Crippen LogP contribution < -0.4 is 5.43 Å². The summed E-state index contributed by atoms with van der Waals surface area (Å²) in [5, 5.41) is 8.51. The average Bonchev–Trinajstić information content (AvgIpc) is 2.21. The number of pyridine rings is 1. The van der Waals surface area contributed by atoms with Crippen LogP contribution in [0.1, 0.15) is 18.2 Å². The van der Waals surface area contributed by atoms with Crippen molar-refractivity contribution in [2.45, 2.75) is 13.3 Å². The number of hydrogen-bond acceptors (Lipinski definition) is 4. The number of nitrogens with zero attached hydrogens (tertiary/aromatic N) is 1. The van der Waals surface area contributed by atoms with Crippen molar-refractivity contribution in [1.29, 1.82) is 5.26 Å². The lowest BCUT2D eigenvalue weighted by molar-refractivity contribution is -0.142. The van der Waals surface area contributed by atoms with Gasteiger partial charge in [-0.3, -0.25) is 9.59 Å². The van der Waals surface area contributed by atoms with E-state index in [1.54, 1.807) is 13.0 Å². The number of carbonyl (C=O) groups excluding carboxylic acids is 1. The fourth-order valence-corrected chi connectivity index (χ4v) is 1.07. The summed E-state index contributed by atoms with van der Waals surface area (Å²) in [5.41, 5.74) is 0.137. The van der Waals surface area contributed by atoms with E-state index < -0.39 is 5.97 Å². The zero-order valence-corrected chi connectivity index (χ0v) is 8.24. The number of carbonyl (C=O) groups is 1. The van der Waals surface area contributed by atoms with Crippen molar-refractivity contribution in [3.63, 3.8) is 0 Å². The van der Waals surface area contributed by atoms with E-state index in [9.17, 15) is 9.59 Å². The highest BCUT2D eigenvalue weighted by Crippen LogP contribution is 1.95. The predicted molar refractivity (Wildman–Crippen MR) is 52.1 cm³/mol. The molecule has 0 aromatic carbocycles. The first kappa shape index (κ1) is 11.0. The van der Waals surface area contributed by atoms with E-state index >= 15 is 0 Å². The molecule has 1 N–H and O–H groups in total. The van der Waals surface area contributed by atoms with Gasteiger partial charge in [0.2, 0.25) is 0 Å². The highest BCUT2D eigenvalue weighted by molar-refractivity contribution is 5.72. The third kappa shape index (κ3) is 2.95. The Morgan fingerprint density at radius 3 is 2.93 bits per heavy atom. The van der Waals surface area contributed by atoms with Gasteiger partial charge < -0.3 is 9.72 Å². The largest absolute Gasteiger partial charge is 0.466 e. The van der Waals surface area contributed by atoms with Crippen LogP contribution in [0.25, 0.3) is 0 Å². The molecule has 5 heteroatoms. The third-order valence-electron chi connectivity index (χ3n) is 1.75. The van der Waals surface area contributed by atoms with Gasteiger partial charge in [-0.15, -0.1) is 0 Å². The molecule has 0 spiro atoms. The Morgan fingerprint density at radius 1 is 1.67 bits per heavy atom. The topological polar surface area (TPSA) is 82.9 Å². The summed E-state index contributed by atoms with van der Waals surface area (Å²) in [7, 11) is 0. The van der Waals surface area contributed by atoms with Gasteiger partial charge in [0, 0.05) is 17.8 Å². The first-order chi connectivity index (χ1) is 7.17. The lowest BCUT2D eigenvalue weighted by atomic mass is 10.2. The average molecular weight is 206 g/mol. The molecule has 0 unspecified atom stereocenters. The summed E-state index contributed by atoms with van der Waals surface area (Å²) in [6.45, 7) is 1.98. The second-order valence-corrected chi connectivity index (χ2v) is 2.83. The van der Waals surface area contributed by atoms with E-state index in [2.05, 4.69) is 4.98 Å². The molecule has 15 heavy (non-hydrogen) atoms. The van der Waals surface area contributed by atoms with E-state index in [0.717, 1.165) is 6.07 Å². The van der Waals surface area contributed by atoms with Gasteiger partial charge >= 0.3 is 5.97 Å². The minimum Gasteiger partial charge on any atom is -0.466 e. The number of ether oxygens (including phenoxy) is 1. The van der Waals surface area contributed by atoms with E-state index in [1.165, 1.54) is 6.20 Å². The molecule has 78 valence electrons. The fraction of sp³-hybridized carbons (Fsp3) is 0.300. The summed E-state index contributed by atoms with van der Waals surface area (Å²) in [6, 6.07) is 2.96. The highest BCUT2D eigenvalue weighted by Gasteiger charge is 2.07. The van der Waals surface area contributed by atoms with Gasteiger partial charge in [-0.25, -0.2) is 0 Å². The number of aromatic amines is 1. The molecule has 0 saturated heterocycles. The second-order valence-electron chi connectivity index (χ2n) is 2.83. The van der Waals surface area contributed by atoms with Gasteiger partial charge in [0.1, 0.15) is 11.8 Å². The molecule has 1 heterocycles. The monoisotopic (exact) mass is 206 g/mol. The van der Waals surface area contributed by atoms with E-state index in [1.807, 2.05) is 0 Å². The van der Waals surface area contributed by atoms with Crippen LogP contribution in [-0.4, -0.2) is 17.6 Å². The van der Waals surface area contributed by atoms with Crippen molar-refractivity contribution in [1.82, 2.24) is 4.98 Å². The van der Waals surface area contributed by atoms with Crippen molar-refractivity contribution in [2.24, 2.45) is 0 Å². The SMILES string of the molecule is CCOC(=O)Cc1c[nH]c(C#N)cc1=O.